The molecule has 0 aliphatic carbocycles. The highest BCUT2D eigenvalue weighted by molar-refractivity contribution is 6.18. The van der Waals surface area contributed by atoms with Gasteiger partial charge in [-0.3, -0.25) is 33.6 Å². The molecule has 290 valence electrons. The number of hydrogen-bond donors (Lipinski definition) is 3. The first-order valence-corrected chi connectivity index (χ1v) is 17.7. The van der Waals surface area contributed by atoms with Gasteiger partial charge in [0, 0.05) is 71.6 Å². The van der Waals surface area contributed by atoms with Crippen molar-refractivity contribution in [1.29, 1.82) is 0 Å². The van der Waals surface area contributed by atoms with Gasteiger partial charge in [0.1, 0.15) is 30.8 Å². The summed E-state index contributed by atoms with van der Waals surface area (Å²) in [5.41, 5.74) is 1.59. The number of alkyl halides is 2. The molecule has 0 unspecified atom stereocenters. The summed E-state index contributed by atoms with van der Waals surface area (Å²) < 4.78 is 27.1. The van der Waals surface area contributed by atoms with Gasteiger partial charge >= 0.3 is 23.9 Å². The Labute approximate surface area is 312 Å². The van der Waals surface area contributed by atoms with Crippen molar-refractivity contribution in [2.75, 3.05) is 36.4 Å². The van der Waals surface area contributed by atoms with Gasteiger partial charge in [-0.1, -0.05) is 26.0 Å². The Kier molecular flexibility index (Phi) is 18.1. The highest BCUT2D eigenvalue weighted by Crippen LogP contribution is 2.28. The van der Waals surface area contributed by atoms with Crippen molar-refractivity contribution in [1.82, 2.24) is 16.0 Å². The number of anilines is 1. The number of rotatable bonds is 18. The summed E-state index contributed by atoms with van der Waals surface area (Å²) in [7, 11) is 0. The maximum absolute atomic E-state index is 13.9. The molecule has 18 heteroatoms. The van der Waals surface area contributed by atoms with Crippen LogP contribution in [0, 0.1) is 5.92 Å². The molecule has 0 spiro atoms. The minimum absolute atomic E-state index is 0.0798. The van der Waals surface area contributed by atoms with Gasteiger partial charge in [0.05, 0.1) is 0 Å². The Morgan fingerprint density at radius 3 is 1.81 bits per heavy atom. The molecule has 7 atom stereocenters. The summed E-state index contributed by atoms with van der Waals surface area (Å²) in [6.45, 7) is 9.62. The zero-order chi connectivity index (χ0) is 39.1. The van der Waals surface area contributed by atoms with Crippen molar-refractivity contribution < 1.29 is 57.2 Å². The van der Waals surface area contributed by atoms with E-state index in [0.717, 1.165) is 33.4 Å². The van der Waals surface area contributed by atoms with Crippen molar-refractivity contribution in [3.8, 4) is 0 Å². The Balaban J connectivity index is 2.40. The van der Waals surface area contributed by atoms with Crippen LogP contribution in [0.15, 0.2) is 24.3 Å². The molecule has 52 heavy (non-hydrogen) atoms. The Bertz CT molecular complexity index is 1410. The van der Waals surface area contributed by atoms with Gasteiger partial charge in [0.25, 0.3) is 0 Å². The lowest BCUT2D eigenvalue weighted by Crippen LogP contribution is -2.68. The van der Waals surface area contributed by atoms with E-state index < -0.39 is 96.9 Å². The average Bonchev–Trinajstić information content (AvgIpc) is 3.04. The number of esters is 4. The van der Waals surface area contributed by atoms with Crippen LogP contribution in [-0.4, -0.2) is 116 Å². The van der Waals surface area contributed by atoms with Gasteiger partial charge in [-0.05, 0) is 23.6 Å². The highest BCUT2D eigenvalue weighted by atomic mass is 35.5. The maximum Gasteiger partial charge on any atom is 0.305 e. The number of amides is 3. The third kappa shape index (κ3) is 14.1. The highest BCUT2D eigenvalue weighted by Gasteiger charge is 2.53. The van der Waals surface area contributed by atoms with Gasteiger partial charge in [-0.25, -0.2) is 0 Å². The molecule has 3 N–H and O–H groups in total. The molecule has 0 saturated carbocycles. The van der Waals surface area contributed by atoms with E-state index in [1.165, 1.54) is 6.92 Å². The predicted molar refractivity (Wildman–Crippen MR) is 188 cm³/mol. The molecule has 1 aromatic carbocycles. The first-order valence-electron chi connectivity index (χ1n) is 16.6. The summed E-state index contributed by atoms with van der Waals surface area (Å²) >= 11 is 11.9. The predicted octanol–water partition coefficient (Wildman–Crippen LogP) is 1.36. The number of carbonyl (C=O) groups is 7. The average molecular weight is 776 g/mol. The lowest BCUT2D eigenvalue weighted by Gasteiger charge is -2.44. The third-order valence-electron chi connectivity index (χ3n) is 7.68. The molecule has 1 aliphatic heterocycles. The quantitative estimate of drug-likeness (QED) is 0.110. The normalized spacial score (nSPS) is 20.8. The second-order valence-corrected chi connectivity index (χ2v) is 13.1. The van der Waals surface area contributed by atoms with Gasteiger partial charge in [-0.15, -0.1) is 23.2 Å². The van der Waals surface area contributed by atoms with Crippen LogP contribution >= 0.6 is 23.2 Å². The monoisotopic (exact) mass is 774 g/mol. The second kappa shape index (κ2) is 21.4. The minimum Gasteiger partial charge on any atom is -0.463 e. The molecule has 0 bridgehead atoms. The van der Waals surface area contributed by atoms with E-state index in [2.05, 4.69) is 16.0 Å². The van der Waals surface area contributed by atoms with Gasteiger partial charge in [-0.2, -0.15) is 0 Å². The first-order chi connectivity index (χ1) is 24.5. The lowest BCUT2D eigenvalue weighted by molar-refractivity contribution is -0.271. The molecule has 3 amide bonds. The molecule has 2 rings (SSSR count). The van der Waals surface area contributed by atoms with Gasteiger partial charge < -0.3 is 44.5 Å². The number of carbonyl (C=O) groups excluding carboxylic acids is 7. The van der Waals surface area contributed by atoms with Crippen LogP contribution in [0.25, 0.3) is 0 Å². The van der Waals surface area contributed by atoms with Crippen LogP contribution in [0.3, 0.4) is 0 Å². The zero-order valence-electron chi connectivity index (χ0n) is 30.3. The summed E-state index contributed by atoms with van der Waals surface area (Å²) in [6, 6.07) is 3.52. The number of hydrogen-bond acceptors (Lipinski definition) is 13. The van der Waals surface area contributed by atoms with E-state index in [4.69, 9.17) is 46.9 Å². The smallest absolute Gasteiger partial charge is 0.305 e. The molecule has 1 aromatic rings. The number of nitrogens with one attached hydrogen (secondary N) is 3. The summed E-state index contributed by atoms with van der Waals surface area (Å²) in [5, 5.41) is 7.95. The van der Waals surface area contributed by atoms with E-state index in [-0.39, 0.29) is 6.42 Å². The van der Waals surface area contributed by atoms with E-state index in [0.29, 0.717) is 30.4 Å². The van der Waals surface area contributed by atoms with Crippen molar-refractivity contribution >= 4 is 70.5 Å². The number of nitrogens with zero attached hydrogens (tertiary/aromatic N) is 1. The fraction of sp³-hybridized carbons (Fsp3) is 0.618. The molecule has 1 fully saturated rings. The number of halogens is 2. The minimum atomic E-state index is -1.62. The summed E-state index contributed by atoms with van der Waals surface area (Å²) in [5.74, 6) is -4.90. The second-order valence-electron chi connectivity index (χ2n) is 12.4. The number of benzene rings is 1. The van der Waals surface area contributed by atoms with Gasteiger partial charge in [0.2, 0.25) is 24.0 Å². The zero-order valence-corrected chi connectivity index (χ0v) is 31.8. The Morgan fingerprint density at radius 2 is 1.33 bits per heavy atom. The number of ether oxygens (including phenoxy) is 5. The molecule has 1 heterocycles. The first kappa shape index (κ1) is 44.0. The molecular formula is C34H48Cl2N4O12. The van der Waals surface area contributed by atoms with Crippen molar-refractivity contribution in [2.24, 2.45) is 5.92 Å². The SMILES string of the molecule is CC(=O)N[C@H](Cc1ccc(N(CCCl)CCCl)cc1)C(=O)N[C@H](C(=O)N[C@@H]1[C@H](OC(C)=O)O[C@H](COC(C)=O)[C@@H](OC(C)=O)[C@@H]1OC(C)=O)C(C)C. The van der Waals surface area contributed by atoms with E-state index >= 15 is 0 Å². The van der Waals surface area contributed by atoms with Crippen LogP contribution in [0.4, 0.5) is 5.69 Å². The van der Waals surface area contributed by atoms with E-state index in [9.17, 15) is 33.6 Å². The molecule has 1 aliphatic rings. The van der Waals surface area contributed by atoms with E-state index in [1.54, 1.807) is 26.0 Å². The van der Waals surface area contributed by atoms with Crippen LogP contribution in [0.5, 0.6) is 0 Å². The van der Waals surface area contributed by atoms with Crippen molar-refractivity contribution in [3.63, 3.8) is 0 Å². The van der Waals surface area contributed by atoms with Crippen molar-refractivity contribution in [2.45, 2.75) is 97.6 Å². The van der Waals surface area contributed by atoms with Gasteiger partial charge in [0.15, 0.2) is 12.2 Å². The standard InChI is InChI=1S/C34H48Cl2N4O12/c1-18(2)28(38-32(46)26(37-19(3)41)16-24-8-10-25(11-9-24)40(14-12-35)15-13-36)33(47)39-29-31(50-22(6)44)30(49-21(5)43)27(17-48-20(4)42)52-34(29)51-23(7)45/h8-11,18,26-31,34H,12-17H2,1-7H3,(H,37,41)(H,38,46)(H,39,47)/t26-,27-,28+,29+,30-,31-,34-/m1/s1. The Morgan fingerprint density at radius 1 is 0.769 bits per heavy atom. The van der Waals surface area contributed by atoms with Crippen LogP contribution in [0.1, 0.15) is 54.0 Å². The molecule has 0 radical (unpaired) electrons. The molecule has 1 saturated heterocycles. The van der Waals surface area contributed by atoms with Crippen LogP contribution < -0.4 is 20.9 Å². The fourth-order valence-electron chi connectivity index (χ4n) is 5.47. The Hall–Kier alpha value is -4.15. The topological polar surface area (TPSA) is 205 Å². The van der Waals surface area contributed by atoms with Crippen molar-refractivity contribution in [3.05, 3.63) is 29.8 Å². The van der Waals surface area contributed by atoms with Crippen LogP contribution in [-0.2, 0) is 63.7 Å². The van der Waals surface area contributed by atoms with Crippen LogP contribution in [0.2, 0.25) is 0 Å². The molecular weight excluding hydrogens is 727 g/mol. The largest absolute Gasteiger partial charge is 0.463 e. The maximum atomic E-state index is 13.9. The summed E-state index contributed by atoms with van der Waals surface area (Å²) in [6.07, 6.45) is -5.77. The summed E-state index contributed by atoms with van der Waals surface area (Å²) in [4.78, 5) is 89.9. The molecule has 16 nitrogen and oxygen atoms in total. The fourth-order valence-corrected chi connectivity index (χ4v) is 5.88. The molecule has 0 aromatic heterocycles. The third-order valence-corrected chi connectivity index (χ3v) is 8.02. The van der Waals surface area contributed by atoms with E-state index in [1.807, 2.05) is 17.0 Å². The lowest BCUT2D eigenvalue weighted by atomic mass is 9.94.